The fourth-order valence-electron chi connectivity index (χ4n) is 5.31. The SMILES string of the molecule is Cc1nc(S(C)(=O)=O)cnc1OC1CCC(OC2C[C@@H]3CC[C@@H](C2)N3C(=O)OC(C)(C)C)CC1. The normalized spacial score (nSPS) is 29.7. The molecular weight excluding hydrogens is 458 g/mol. The van der Waals surface area contributed by atoms with E-state index in [1.165, 1.54) is 6.20 Å². The minimum atomic E-state index is -3.39. The van der Waals surface area contributed by atoms with Crippen LogP contribution in [0, 0.1) is 6.92 Å². The molecule has 0 N–H and O–H groups in total. The summed E-state index contributed by atoms with van der Waals surface area (Å²) >= 11 is 0. The van der Waals surface area contributed by atoms with Gasteiger partial charge < -0.3 is 19.1 Å². The van der Waals surface area contributed by atoms with E-state index in [1.807, 2.05) is 25.7 Å². The molecule has 3 heterocycles. The van der Waals surface area contributed by atoms with Crippen LogP contribution in [0.5, 0.6) is 5.88 Å². The van der Waals surface area contributed by atoms with Crippen molar-refractivity contribution in [3.05, 3.63) is 11.9 Å². The van der Waals surface area contributed by atoms with Gasteiger partial charge in [-0.2, -0.15) is 0 Å². The molecule has 0 spiro atoms. The number of piperidine rings is 1. The molecule has 4 rings (SSSR count). The van der Waals surface area contributed by atoms with Crippen molar-refractivity contribution in [1.29, 1.82) is 0 Å². The fourth-order valence-corrected chi connectivity index (χ4v) is 5.86. The Morgan fingerprint density at radius 1 is 1.00 bits per heavy atom. The highest BCUT2D eigenvalue weighted by atomic mass is 32.2. The number of carbonyl (C=O) groups excluding carboxylic acids is 1. The maximum absolute atomic E-state index is 12.7. The van der Waals surface area contributed by atoms with E-state index in [9.17, 15) is 13.2 Å². The van der Waals surface area contributed by atoms with Crippen molar-refractivity contribution in [1.82, 2.24) is 14.9 Å². The number of fused-ring (bicyclic) bond motifs is 2. The van der Waals surface area contributed by atoms with Crippen LogP contribution >= 0.6 is 0 Å². The van der Waals surface area contributed by atoms with E-state index < -0.39 is 15.4 Å². The lowest BCUT2D eigenvalue weighted by atomic mass is 9.93. The van der Waals surface area contributed by atoms with Crippen LogP contribution in [0.2, 0.25) is 0 Å². The molecule has 3 aliphatic rings. The minimum Gasteiger partial charge on any atom is -0.473 e. The smallest absolute Gasteiger partial charge is 0.410 e. The zero-order valence-corrected chi connectivity index (χ0v) is 21.6. The van der Waals surface area contributed by atoms with Gasteiger partial charge in [-0.1, -0.05) is 0 Å². The molecule has 1 saturated carbocycles. The second-order valence-corrected chi connectivity index (χ2v) is 12.9. The van der Waals surface area contributed by atoms with Crippen LogP contribution in [0.25, 0.3) is 0 Å². The Kier molecular flexibility index (Phi) is 7.11. The number of ether oxygens (including phenoxy) is 3. The fraction of sp³-hybridized carbons (Fsp3) is 0.792. The molecule has 1 aromatic rings. The van der Waals surface area contributed by atoms with Gasteiger partial charge >= 0.3 is 6.09 Å². The van der Waals surface area contributed by atoms with E-state index in [4.69, 9.17) is 14.2 Å². The largest absolute Gasteiger partial charge is 0.473 e. The summed E-state index contributed by atoms with van der Waals surface area (Å²) in [5.74, 6) is 0.392. The van der Waals surface area contributed by atoms with Crippen LogP contribution in [-0.4, -0.2) is 71.6 Å². The highest BCUT2D eigenvalue weighted by Crippen LogP contribution is 2.39. The van der Waals surface area contributed by atoms with Gasteiger partial charge in [-0.3, -0.25) is 0 Å². The minimum absolute atomic E-state index is 0.0159. The van der Waals surface area contributed by atoms with Gasteiger partial charge in [-0.15, -0.1) is 0 Å². The van der Waals surface area contributed by atoms with Crippen LogP contribution in [-0.2, 0) is 19.3 Å². The molecule has 0 radical (unpaired) electrons. The van der Waals surface area contributed by atoms with E-state index in [-0.39, 0.29) is 41.5 Å². The molecule has 3 fully saturated rings. The average Bonchev–Trinajstić information content (AvgIpc) is 3.00. The van der Waals surface area contributed by atoms with Gasteiger partial charge in [0.25, 0.3) is 0 Å². The van der Waals surface area contributed by atoms with Gasteiger partial charge in [0.05, 0.1) is 18.4 Å². The molecule has 1 aromatic heterocycles. The molecular formula is C24H37N3O6S. The van der Waals surface area contributed by atoms with Gasteiger partial charge in [0.2, 0.25) is 5.88 Å². The Balaban J connectivity index is 1.25. The third kappa shape index (κ3) is 6.00. The van der Waals surface area contributed by atoms with Crippen LogP contribution < -0.4 is 4.74 Å². The maximum Gasteiger partial charge on any atom is 0.410 e. The third-order valence-electron chi connectivity index (χ3n) is 6.84. The van der Waals surface area contributed by atoms with Crippen molar-refractivity contribution < 1.29 is 27.4 Å². The molecule has 1 amide bonds. The summed E-state index contributed by atoms with van der Waals surface area (Å²) in [6.07, 6.45) is 9.84. The Morgan fingerprint density at radius 2 is 1.59 bits per heavy atom. The van der Waals surface area contributed by atoms with Gasteiger partial charge in [0, 0.05) is 18.3 Å². The van der Waals surface area contributed by atoms with Crippen molar-refractivity contribution in [2.75, 3.05) is 6.26 Å². The predicted octanol–water partition coefficient (Wildman–Crippen LogP) is 3.83. The lowest BCUT2D eigenvalue weighted by Gasteiger charge is -2.41. The number of rotatable bonds is 5. The van der Waals surface area contributed by atoms with E-state index in [0.717, 1.165) is 57.6 Å². The first kappa shape index (κ1) is 25.2. The first-order valence-corrected chi connectivity index (χ1v) is 14.2. The summed E-state index contributed by atoms with van der Waals surface area (Å²) < 4.78 is 41.5. The van der Waals surface area contributed by atoms with Crippen LogP contribution in [0.3, 0.4) is 0 Å². The number of hydrogen-bond donors (Lipinski definition) is 0. The zero-order chi connectivity index (χ0) is 24.7. The van der Waals surface area contributed by atoms with E-state index in [1.54, 1.807) is 6.92 Å². The average molecular weight is 496 g/mol. The lowest BCUT2D eigenvalue weighted by Crippen LogP contribution is -2.50. The summed E-state index contributed by atoms with van der Waals surface area (Å²) in [6.45, 7) is 7.42. The molecule has 1 aliphatic carbocycles. The van der Waals surface area contributed by atoms with Gasteiger partial charge in [0.1, 0.15) is 17.4 Å². The van der Waals surface area contributed by atoms with Crippen molar-refractivity contribution >= 4 is 15.9 Å². The Hall–Kier alpha value is -1.94. The first-order valence-electron chi connectivity index (χ1n) is 12.3. The third-order valence-corrected chi connectivity index (χ3v) is 7.79. The summed E-state index contributed by atoms with van der Waals surface area (Å²) in [7, 11) is -3.39. The molecule has 2 aliphatic heterocycles. The summed E-state index contributed by atoms with van der Waals surface area (Å²) in [5.41, 5.74) is -0.00159. The maximum atomic E-state index is 12.7. The van der Waals surface area contributed by atoms with Crippen LogP contribution in [0.15, 0.2) is 11.2 Å². The molecule has 190 valence electrons. The van der Waals surface area contributed by atoms with E-state index in [0.29, 0.717) is 11.6 Å². The van der Waals surface area contributed by atoms with Crippen molar-refractivity contribution in [3.8, 4) is 5.88 Å². The molecule has 0 unspecified atom stereocenters. The molecule has 2 atom stereocenters. The first-order chi connectivity index (χ1) is 15.9. The summed E-state index contributed by atoms with van der Waals surface area (Å²) in [4.78, 5) is 22.9. The zero-order valence-electron chi connectivity index (χ0n) is 20.8. The Bertz CT molecular complexity index is 986. The number of aromatic nitrogens is 2. The number of carbonyl (C=O) groups is 1. The molecule has 2 saturated heterocycles. The lowest BCUT2D eigenvalue weighted by molar-refractivity contribution is -0.0815. The standard InChI is InChI=1S/C24H37N3O6S/c1-15-22(25-14-21(26-15)34(5,29)30)32-19-10-8-18(9-11-19)31-20-12-16-6-7-17(13-20)27(16)23(28)33-24(2,3)4/h14,16-20H,6-13H2,1-5H3/t16-,17-,18?,19?/m0/s1. The quantitative estimate of drug-likeness (QED) is 0.607. The molecule has 2 bridgehead atoms. The number of hydrogen-bond acceptors (Lipinski definition) is 8. The highest BCUT2D eigenvalue weighted by molar-refractivity contribution is 7.90. The van der Waals surface area contributed by atoms with E-state index >= 15 is 0 Å². The van der Waals surface area contributed by atoms with Gasteiger partial charge in [-0.05, 0) is 79.1 Å². The number of amides is 1. The Morgan fingerprint density at radius 3 is 2.12 bits per heavy atom. The van der Waals surface area contributed by atoms with Crippen LogP contribution in [0.1, 0.15) is 77.8 Å². The summed E-state index contributed by atoms with van der Waals surface area (Å²) in [6, 6.07) is 0.407. The number of sulfone groups is 1. The van der Waals surface area contributed by atoms with Crippen molar-refractivity contribution in [2.45, 2.75) is 120 Å². The summed E-state index contributed by atoms with van der Waals surface area (Å²) in [5, 5.41) is -0.0406. The molecule has 9 nitrogen and oxygen atoms in total. The topological polar surface area (TPSA) is 108 Å². The van der Waals surface area contributed by atoms with Crippen LogP contribution in [0.4, 0.5) is 4.79 Å². The predicted molar refractivity (Wildman–Crippen MR) is 126 cm³/mol. The molecule has 10 heteroatoms. The second kappa shape index (κ2) is 9.60. The highest BCUT2D eigenvalue weighted by Gasteiger charge is 2.45. The monoisotopic (exact) mass is 495 g/mol. The molecule has 34 heavy (non-hydrogen) atoms. The number of nitrogens with zero attached hydrogens (tertiary/aromatic N) is 3. The molecule has 0 aromatic carbocycles. The van der Waals surface area contributed by atoms with Crippen molar-refractivity contribution in [3.63, 3.8) is 0 Å². The van der Waals surface area contributed by atoms with Gasteiger partial charge in [-0.25, -0.2) is 23.2 Å². The van der Waals surface area contributed by atoms with E-state index in [2.05, 4.69) is 9.97 Å². The Labute approximate surface area is 202 Å². The second-order valence-electron chi connectivity index (χ2n) is 10.9. The number of aryl methyl sites for hydroxylation is 1. The van der Waals surface area contributed by atoms with Crippen molar-refractivity contribution in [2.24, 2.45) is 0 Å². The van der Waals surface area contributed by atoms with Gasteiger partial charge in [0.15, 0.2) is 14.9 Å².